The predicted octanol–water partition coefficient (Wildman–Crippen LogP) is 3.02. The van der Waals surface area contributed by atoms with Crippen LogP contribution in [-0.2, 0) is 10.0 Å². The van der Waals surface area contributed by atoms with Crippen molar-refractivity contribution in [1.82, 2.24) is 4.72 Å². The zero-order valence-corrected chi connectivity index (χ0v) is 11.7. The van der Waals surface area contributed by atoms with Crippen molar-refractivity contribution in [2.45, 2.75) is 37.5 Å². The molecule has 0 bridgehead atoms. The molecule has 0 fully saturated rings. The van der Waals surface area contributed by atoms with E-state index in [4.69, 9.17) is 0 Å². The number of sulfonamides is 1. The maximum absolute atomic E-state index is 11.9. The molecule has 0 saturated heterocycles. The van der Waals surface area contributed by atoms with Gasteiger partial charge >= 0.3 is 0 Å². The van der Waals surface area contributed by atoms with Gasteiger partial charge in [0.05, 0.1) is 4.90 Å². The van der Waals surface area contributed by atoms with E-state index in [0.29, 0.717) is 11.4 Å². The fourth-order valence-electron chi connectivity index (χ4n) is 1.60. The summed E-state index contributed by atoms with van der Waals surface area (Å²) in [4.78, 5) is 0.333. The number of unbranched alkanes of at least 4 members (excludes halogenated alkanes) is 3. The number of allylic oxidation sites excluding steroid dienone is 1. The Hall–Kier alpha value is -1.13. The van der Waals surface area contributed by atoms with Crippen molar-refractivity contribution >= 4 is 10.0 Å². The van der Waals surface area contributed by atoms with Crippen molar-refractivity contribution in [3.8, 4) is 0 Å². The Labute approximate surface area is 110 Å². The minimum Gasteiger partial charge on any atom is -0.211 e. The van der Waals surface area contributed by atoms with Gasteiger partial charge in [-0.1, -0.05) is 30.2 Å². The van der Waals surface area contributed by atoms with Crippen LogP contribution in [0.25, 0.3) is 0 Å². The summed E-state index contributed by atoms with van der Waals surface area (Å²) in [5.41, 5.74) is 1.05. The second kappa shape index (κ2) is 7.34. The van der Waals surface area contributed by atoms with Crippen LogP contribution in [-0.4, -0.2) is 15.0 Å². The molecule has 0 spiro atoms. The van der Waals surface area contributed by atoms with E-state index in [0.717, 1.165) is 31.2 Å². The van der Waals surface area contributed by atoms with Crippen LogP contribution in [0.15, 0.2) is 41.8 Å². The first-order valence-corrected chi connectivity index (χ1v) is 7.72. The molecule has 1 aromatic rings. The van der Waals surface area contributed by atoms with E-state index in [1.54, 1.807) is 24.3 Å². The Bertz CT molecular complexity index is 463. The van der Waals surface area contributed by atoms with Gasteiger partial charge in [-0.15, -0.1) is 6.58 Å². The Morgan fingerprint density at radius 1 is 1.17 bits per heavy atom. The molecular weight excluding hydrogens is 246 g/mol. The molecule has 0 heterocycles. The standard InChI is InChI=1S/C14H21NO2S/c1-3-4-5-6-7-12-15-18(16,17)14-10-8-13(2)9-11-14/h3,8-11,15H,1,4-7,12H2,2H3. The Balaban J connectivity index is 2.40. The number of hydrogen-bond acceptors (Lipinski definition) is 2. The summed E-state index contributed by atoms with van der Waals surface area (Å²) >= 11 is 0. The SMILES string of the molecule is C=CCCCCCNS(=O)(=O)c1ccc(C)cc1. The lowest BCUT2D eigenvalue weighted by atomic mass is 10.2. The van der Waals surface area contributed by atoms with Crippen LogP contribution in [0.2, 0.25) is 0 Å². The van der Waals surface area contributed by atoms with Gasteiger partial charge in [-0.3, -0.25) is 0 Å². The average molecular weight is 267 g/mol. The van der Waals surface area contributed by atoms with Crippen LogP contribution in [0.3, 0.4) is 0 Å². The second-order valence-electron chi connectivity index (χ2n) is 4.35. The molecule has 100 valence electrons. The van der Waals surface area contributed by atoms with Crippen molar-refractivity contribution in [2.75, 3.05) is 6.54 Å². The molecule has 0 saturated carbocycles. The third kappa shape index (κ3) is 5.02. The maximum atomic E-state index is 11.9. The Kier molecular flexibility index (Phi) is 6.09. The van der Waals surface area contributed by atoms with Crippen molar-refractivity contribution in [1.29, 1.82) is 0 Å². The molecule has 0 radical (unpaired) electrons. The van der Waals surface area contributed by atoms with E-state index in [9.17, 15) is 8.42 Å². The van der Waals surface area contributed by atoms with E-state index in [2.05, 4.69) is 11.3 Å². The highest BCUT2D eigenvalue weighted by Crippen LogP contribution is 2.10. The summed E-state index contributed by atoms with van der Waals surface area (Å²) in [6, 6.07) is 6.88. The first-order chi connectivity index (χ1) is 8.56. The zero-order chi connectivity index (χ0) is 13.4. The third-order valence-electron chi connectivity index (χ3n) is 2.71. The molecule has 0 aliphatic carbocycles. The van der Waals surface area contributed by atoms with Gasteiger partial charge in [0.25, 0.3) is 0 Å². The quantitative estimate of drug-likeness (QED) is 0.581. The van der Waals surface area contributed by atoms with Crippen LogP contribution in [0.1, 0.15) is 31.2 Å². The molecule has 3 nitrogen and oxygen atoms in total. The predicted molar refractivity (Wildman–Crippen MR) is 75.0 cm³/mol. The summed E-state index contributed by atoms with van der Waals surface area (Å²) in [6.07, 6.45) is 5.82. The van der Waals surface area contributed by atoms with Gasteiger partial charge in [0.2, 0.25) is 10.0 Å². The second-order valence-corrected chi connectivity index (χ2v) is 6.12. The molecule has 18 heavy (non-hydrogen) atoms. The van der Waals surface area contributed by atoms with Crippen LogP contribution < -0.4 is 4.72 Å². The normalized spacial score (nSPS) is 11.4. The van der Waals surface area contributed by atoms with E-state index in [-0.39, 0.29) is 0 Å². The molecule has 0 amide bonds. The maximum Gasteiger partial charge on any atom is 0.240 e. The van der Waals surface area contributed by atoms with Crippen molar-refractivity contribution in [3.05, 3.63) is 42.5 Å². The van der Waals surface area contributed by atoms with Gasteiger partial charge in [0.15, 0.2) is 0 Å². The lowest BCUT2D eigenvalue weighted by Crippen LogP contribution is -2.24. The number of hydrogen-bond donors (Lipinski definition) is 1. The van der Waals surface area contributed by atoms with E-state index < -0.39 is 10.0 Å². The fourth-order valence-corrected chi connectivity index (χ4v) is 2.67. The smallest absolute Gasteiger partial charge is 0.211 e. The molecule has 0 unspecified atom stereocenters. The van der Waals surface area contributed by atoms with Crippen LogP contribution in [0.4, 0.5) is 0 Å². The minimum atomic E-state index is -3.34. The first kappa shape index (κ1) is 14.9. The largest absolute Gasteiger partial charge is 0.240 e. The number of benzene rings is 1. The number of aryl methyl sites for hydroxylation is 1. The molecule has 0 atom stereocenters. The van der Waals surface area contributed by atoms with Crippen LogP contribution in [0, 0.1) is 6.92 Å². The van der Waals surface area contributed by atoms with Gasteiger partial charge in [-0.25, -0.2) is 13.1 Å². The zero-order valence-electron chi connectivity index (χ0n) is 10.9. The van der Waals surface area contributed by atoms with E-state index >= 15 is 0 Å². The van der Waals surface area contributed by atoms with Crippen molar-refractivity contribution in [3.63, 3.8) is 0 Å². The lowest BCUT2D eigenvalue weighted by molar-refractivity contribution is 0.574. The van der Waals surface area contributed by atoms with Gasteiger partial charge in [0, 0.05) is 6.54 Å². The molecule has 4 heteroatoms. The molecular formula is C14H21NO2S. The number of nitrogens with one attached hydrogen (secondary N) is 1. The fraction of sp³-hybridized carbons (Fsp3) is 0.429. The minimum absolute atomic E-state index is 0.333. The molecule has 1 aromatic carbocycles. The third-order valence-corrected chi connectivity index (χ3v) is 4.19. The molecule has 0 aromatic heterocycles. The average Bonchev–Trinajstić information content (AvgIpc) is 2.34. The molecule has 0 aliphatic rings. The Morgan fingerprint density at radius 2 is 1.83 bits per heavy atom. The van der Waals surface area contributed by atoms with E-state index in [1.165, 1.54) is 0 Å². The highest BCUT2D eigenvalue weighted by Gasteiger charge is 2.12. The summed E-state index contributed by atoms with van der Waals surface area (Å²) in [7, 11) is -3.34. The topological polar surface area (TPSA) is 46.2 Å². The monoisotopic (exact) mass is 267 g/mol. The number of rotatable bonds is 8. The summed E-state index contributed by atoms with van der Waals surface area (Å²) in [6.45, 7) is 6.08. The first-order valence-electron chi connectivity index (χ1n) is 6.23. The van der Waals surface area contributed by atoms with Gasteiger partial charge in [0.1, 0.15) is 0 Å². The summed E-state index contributed by atoms with van der Waals surface area (Å²) in [5.74, 6) is 0. The van der Waals surface area contributed by atoms with Crippen LogP contribution in [0.5, 0.6) is 0 Å². The molecule has 1 N–H and O–H groups in total. The summed E-state index contributed by atoms with van der Waals surface area (Å²) < 4.78 is 26.4. The van der Waals surface area contributed by atoms with Crippen molar-refractivity contribution in [2.24, 2.45) is 0 Å². The lowest BCUT2D eigenvalue weighted by Gasteiger charge is -2.06. The van der Waals surface area contributed by atoms with Crippen LogP contribution >= 0.6 is 0 Å². The van der Waals surface area contributed by atoms with Gasteiger partial charge in [-0.2, -0.15) is 0 Å². The van der Waals surface area contributed by atoms with Gasteiger partial charge in [-0.05, 0) is 38.3 Å². The van der Waals surface area contributed by atoms with E-state index in [1.807, 2.05) is 13.0 Å². The highest BCUT2D eigenvalue weighted by molar-refractivity contribution is 7.89. The summed E-state index contributed by atoms with van der Waals surface area (Å²) in [5, 5.41) is 0. The van der Waals surface area contributed by atoms with Crippen molar-refractivity contribution < 1.29 is 8.42 Å². The Morgan fingerprint density at radius 3 is 2.44 bits per heavy atom. The molecule has 0 aliphatic heterocycles. The molecule has 1 rings (SSSR count). The highest BCUT2D eigenvalue weighted by atomic mass is 32.2. The van der Waals surface area contributed by atoms with Gasteiger partial charge < -0.3 is 0 Å².